The smallest absolute Gasteiger partial charge is 0.310 e. The maximum absolute atomic E-state index is 13.9. The van der Waals surface area contributed by atoms with E-state index in [2.05, 4.69) is 15.9 Å². The second-order valence-corrected chi connectivity index (χ2v) is 5.79. The monoisotopic (exact) mass is 357 g/mol. The van der Waals surface area contributed by atoms with Gasteiger partial charge in [0.25, 0.3) is 5.91 Å². The van der Waals surface area contributed by atoms with E-state index >= 15 is 0 Å². The van der Waals surface area contributed by atoms with E-state index < -0.39 is 11.7 Å². The molecule has 2 rings (SSSR count). The summed E-state index contributed by atoms with van der Waals surface area (Å²) in [7, 11) is 0. The molecule has 1 saturated heterocycles. The Balaban J connectivity index is 2.14. The quantitative estimate of drug-likeness (QED) is 0.781. The van der Waals surface area contributed by atoms with Crippen LogP contribution in [-0.2, 0) is 9.53 Å². The summed E-state index contributed by atoms with van der Waals surface area (Å²) in [6.07, 6.45) is 1.41. The Morgan fingerprint density at radius 3 is 2.90 bits per heavy atom. The lowest BCUT2D eigenvalue weighted by atomic mass is 9.97. The number of hydrogen-bond acceptors (Lipinski definition) is 3. The molecule has 0 spiro atoms. The van der Waals surface area contributed by atoms with Gasteiger partial charge in [-0.05, 0) is 47.8 Å². The van der Waals surface area contributed by atoms with Gasteiger partial charge in [-0.2, -0.15) is 0 Å². The molecule has 1 unspecified atom stereocenters. The molecule has 1 fully saturated rings. The van der Waals surface area contributed by atoms with E-state index in [-0.39, 0.29) is 24.0 Å². The molecule has 1 aliphatic rings. The van der Waals surface area contributed by atoms with Crippen LogP contribution < -0.4 is 0 Å². The highest BCUT2D eigenvalue weighted by molar-refractivity contribution is 9.10. The van der Waals surface area contributed by atoms with Gasteiger partial charge >= 0.3 is 5.97 Å². The lowest BCUT2D eigenvalue weighted by Gasteiger charge is -2.31. The van der Waals surface area contributed by atoms with Crippen LogP contribution in [0.1, 0.15) is 30.1 Å². The molecule has 0 aliphatic carbocycles. The second kappa shape index (κ2) is 7.02. The SMILES string of the molecule is CCOC(=O)C1CCCN(C(=O)c2c(F)cccc2Br)C1. The summed E-state index contributed by atoms with van der Waals surface area (Å²) in [5, 5.41) is 0. The summed E-state index contributed by atoms with van der Waals surface area (Å²) >= 11 is 3.20. The van der Waals surface area contributed by atoms with E-state index in [1.807, 2.05) is 0 Å². The zero-order valence-corrected chi connectivity index (χ0v) is 13.4. The Labute approximate surface area is 131 Å². The van der Waals surface area contributed by atoms with Gasteiger partial charge < -0.3 is 9.64 Å². The molecule has 4 nitrogen and oxygen atoms in total. The number of hydrogen-bond donors (Lipinski definition) is 0. The van der Waals surface area contributed by atoms with Crippen molar-refractivity contribution in [1.82, 2.24) is 4.90 Å². The molecule has 0 aromatic heterocycles. The van der Waals surface area contributed by atoms with Crippen molar-refractivity contribution in [1.29, 1.82) is 0 Å². The summed E-state index contributed by atoms with van der Waals surface area (Å²) in [6, 6.07) is 4.42. The number of amides is 1. The zero-order valence-electron chi connectivity index (χ0n) is 11.8. The first-order chi connectivity index (χ1) is 10.0. The van der Waals surface area contributed by atoms with Crippen molar-refractivity contribution in [2.24, 2.45) is 5.92 Å². The predicted molar refractivity (Wildman–Crippen MR) is 79.4 cm³/mol. The molecule has 0 N–H and O–H groups in total. The van der Waals surface area contributed by atoms with E-state index in [0.29, 0.717) is 30.5 Å². The summed E-state index contributed by atoms with van der Waals surface area (Å²) < 4.78 is 19.3. The van der Waals surface area contributed by atoms with Gasteiger partial charge in [0.1, 0.15) is 5.82 Å². The van der Waals surface area contributed by atoms with E-state index in [1.54, 1.807) is 13.0 Å². The fourth-order valence-electron chi connectivity index (χ4n) is 2.47. The summed E-state index contributed by atoms with van der Waals surface area (Å²) in [4.78, 5) is 25.8. The van der Waals surface area contributed by atoms with Gasteiger partial charge in [0.05, 0.1) is 18.1 Å². The van der Waals surface area contributed by atoms with Gasteiger partial charge in [-0.25, -0.2) is 4.39 Å². The topological polar surface area (TPSA) is 46.6 Å². The second-order valence-electron chi connectivity index (χ2n) is 4.94. The molecular weight excluding hydrogens is 341 g/mol. The van der Waals surface area contributed by atoms with Crippen LogP contribution in [0.4, 0.5) is 4.39 Å². The molecule has 21 heavy (non-hydrogen) atoms. The number of carbonyl (C=O) groups is 2. The van der Waals surface area contributed by atoms with Crippen molar-refractivity contribution in [2.45, 2.75) is 19.8 Å². The lowest BCUT2D eigenvalue weighted by molar-refractivity contribution is -0.149. The Morgan fingerprint density at radius 2 is 2.24 bits per heavy atom. The van der Waals surface area contributed by atoms with Crippen LogP contribution in [0.25, 0.3) is 0 Å². The number of carbonyl (C=O) groups excluding carboxylic acids is 2. The van der Waals surface area contributed by atoms with Gasteiger partial charge in [0.2, 0.25) is 0 Å². The first-order valence-corrected chi connectivity index (χ1v) is 7.73. The summed E-state index contributed by atoms with van der Waals surface area (Å²) in [5.74, 6) is -1.57. The first-order valence-electron chi connectivity index (χ1n) is 6.94. The van der Waals surface area contributed by atoms with Crippen molar-refractivity contribution in [3.05, 3.63) is 34.1 Å². The minimum Gasteiger partial charge on any atom is -0.466 e. The van der Waals surface area contributed by atoms with Crippen molar-refractivity contribution < 1.29 is 18.7 Å². The number of ether oxygens (including phenoxy) is 1. The number of benzene rings is 1. The highest BCUT2D eigenvalue weighted by Gasteiger charge is 2.31. The third-order valence-electron chi connectivity index (χ3n) is 3.51. The van der Waals surface area contributed by atoms with E-state index in [4.69, 9.17) is 4.74 Å². The maximum atomic E-state index is 13.9. The van der Waals surface area contributed by atoms with E-state index in [9.17, 15) is 14.0 Å². The Bertz CT molecular complexity index is 529. The van der Waals surface area contributed by atoms with Gasteiger partial charge in [-0.15, -0.1) is 0 Å². The van der Waals surface area contributed by atoms with E-state index in [1.165, 1.54) is 17.0 Å². The minimum atomic E-state index is -0.562. The average molecular weight is 358 g/mol. The van der Waals surface area contributed by atoms with Gasteiger partial charge in [-0.3, -0.25) is 9.59 Å². The van der Waals surface area contributed by atoms with Crippen LogP contribution in [0.15, 0.2) is 22.7 Å². The highest BCUT2D eigenvalue weighted by Crippen LogP contribution is 2.25. The first kappa shape index (κ1) is 15.9. The third kappa shape index (κ3) is 3.61. The van der Waals surface area contributed by atoms with Crippen molar-refractivity contribution >= 4 is 27.8 Å². The number of rotatable bonds is 3. The highest BCUT2D eigenvalue weighted by atomic mass is 79.9. The molecule has 6 heteroatoms. The normalized spacial score (nSPS) is 18.4. The molecule has 0 saturated carbocycles. The Kier molecular flexibility index (Phi) is 5.33. The number of likely N-dealkylation sites (tertiary alicyclic amines) is 1. The average Bonchev–Trinajstić information content (AvgIpc) is 2.47. The number of piperidine rings is 1. The molecule has 0 bridgehead atoms. The Hall–Kier alpha value is -1.43. The fraction of sp³-hybridized carbons (Fsp3) is 0.467. The van der Waals surface area contributed by atoms with Crippen LogP contribution in [0.2, 0.25) is 0 Å². The molecule has 1 amide bonds. The number of nitrogens with zero attached hydrogens (tertiary/aromatic N) is 1. The van der Waals surface area contributed by atoms with Crippen LogP contribution in [0.5, 0.6) is 0 Å². The van der Waals surface area contributed by atoms with Gasteiger partial charge in [-0.1, -0.05) is 6.07 Å². The molecule has 1 aliphatic heterocycles. The summed E-state index contributed by atoms with van der Waals surface area (Å²) in [5.41, 5.74) is 0.0157. The number of halogens is 2. The zero-order chi connectivity index (χ0) is 15.4. The molecule has 1 aromatic carbocycles. The minimum absolute atomic E-state index is 0.0157. The number of esters is 1. The molecule has 1 atom stereocenters. The van der Waals surface area contributed by atoms with E-state index in [0.717, 1.165) is 0 Å². The predicted octanol–water partition coefficient (Wildman–Crippen LogP) is 3.00. The molecule has 0 radical (unpaired) electrons. The lowest BCUT2D eigenvalue weighted by Crippen LogP contribution is -2.43. The van der Waals surface area contributed by atoms with Gasteiger partial charge in [0.15, 0.2) is 0 Å². The Morgan fingerprint density at radius 1 is 1.48 bits per heavy atom. The van der Waals surface area contributed by atoms with Crippen LogP contribution in [-0.4, -0.2) is 36.5 Å². The molecule has 114 valence electrons. The van der Waals surface area contributed by atoms with Crippen molar-refractivity contribution in [2.75, 3.05) is 19.7 Å². The third-order valence-corrected chi connectivity index (χ3v) is 4.17. The molecular formula is C15H17BrFNO3. The van der Waals surface area contributed by atoms with Crippen molar-refractivity contribution in [3.63, 3.8) is 0 Å². The fourth-order valence-corrected chi connectivity index (χ4v) is 2.99. The van der Waals surface area contributed by atoms with Gasteiger partial charge in [0, 0.05) is 17.6 Å². The summed E-state index contributed by atoms with van der Waals surface area (Å²) in [6.45, 7) is 2.87. The standard InChI is InChI=1S/C15H17BrFNO3/c1-2-21-15(20)10-5-4-8-18(9-10)14(19)13-11(16)6-3-7-12(13)17/h3,6-7,10H,2,4-5,8-9H2,1H3. The largest absolute Gasteiger partial charge is 0.466 e. The molecule has 1 aromatic rings. The van der Waals surface area contributed by atoms with Crippen LogP contribution in [0.3, 0.4) is 0 Å². The van der Waals surface area contributed by atoms with Crippen LogP contribution in [0, 0.1) is 11.7 Å². The molecule has 1 heterocycles. The van der Waals surface area contributed by atoms with Crippen molar-refractivity contribution in [3.8, 4) is 0 Å². The van der Waals surface area contributed by atoms with Crippen LogP contribution >= 0.6 is 15.9 Å². The maximum Gasteiger partial charge on any atom is 0.310 e.